The first kappa shape index (κ1) is 24.5. The lowest BCUT2D eigenvalue weighted by Crippen LogP contribution is -2.47. The molecule has 1 aliphatic carbocycles. The van der Waals surface area contributed by atoms with E-state index in [1.165, 1.54) is 6.42 Å². The maximum Gasteiger partial charge on any atom is 0.247 e. The molecule has 0 radical (unpaired) electrons. The first-order valence-electron chi connectivity index (χ1n) is 12.0. The van der Waals surface area contributed by atoms with Crippen LogP contribution in [0, 0.1) is 0 Å². The zero-order valence-electron chi connectivity index (χ0n) is 19.6. The number of rotatable bonds is 10. The van der Waals surface area contributed by atoms with Crippen LogP contribution in [0.15, 0.2) is 59.3 Å². The Balaban J connectivity index is 1.66. The summed E-state index contributed by atoms with van der Waals surface area (Å²) < 4.78 is 5.61. The van der Waals surface area contributed by atoms with Crippen molar-refractivity contribution in [3.63, 3.8) is 0 Å². The first-order chi connectivity index (χ1) is 16.6. The van der Waals surface area contributed by atoms with E-state index in [4.69, 9.17) is 4.74 Å². The lowest BCUT2D eigenvalue weighted by atomic mass is 9.94. The Hall–Kier alpha value is -2.64. The molecule has 0 aliphatic heterocycles. The molecule has 1 saturated carbocycles. The number of hydrogen-bond donors (Lipinski definition) is 1. The van der Waals surface area contributed by atoms with Crippen molar-refractivity contribution in [2.45, 2.75) is 64.1 Å². The molecule has 4 rings (SSSR count). The summed E-state index contributed by atoms with van der Waals surface area (Å²) >= 11 is 3.17. The second-order valence-electron chi connectivity index (χ2n) is 8.61. The lowest BCUT2D eigenvalue weighted by Gasteiger charge is -2.33. The van der Waals surface area contributed by atoms with Crippen LogP contribution in [0.4, 0.5) is 0 Å². The van der Waals surface area contributed by atoms with Gasteiger partial charge in [0.1, 0.15) is 11.8 Å². The molecule has 180 valence electrons. The topological polar surface area (TPSA) is 58.6 Å². The SMILES string of the molecule is CCOc1ccc([C@@H](C(=O)NC2CCCCC2)N(Cc2cccs2)C(=O)Cc2cccs2)cc1. The van der Waals surface area contributed by atoms with Crippen molar-refractivity contribution in [2.75, 3.05) is 6.61 Å². The number of amides is 2. The number of carbonyl (C=O) groups is 2. The van der Waals surface area contributed by atoms with Crippen LogP contribution in [0.3, 0.4) is 0 Å². The fraction of sp³-hybridized carbons (Fsp3) is 0.407. The normalized spacial score (nSPS) is 15.0. The van der Waals surface area contributed by atoms with E-state index in [2.05, 4.69) is 5.32 Å². The minimum Gasteiger partial charge on any atom is -0.494 e. The van der Waals surface area contributed by atoms with E-state index in [1.54, 1.807) is 27.6 Å². The second kappa shape index (κ2) is 12.2. The quantitative estimate of drug-likeness (QED) is 0.376. The van der Waals surface area contributed by atoms with Crippen LogP contribution in [0.25, 0.3) is 0 Å². The van der Waals surface area contributed by atoms with Gasteiger partial charge in [-0.15, -0.1) is 22.7 Å². The Morgan fingerprint density at radius 3 is 2.29 bits per heavy atom. The number of ether oxygens (including phenoxy) is 1. The Morgan fingerprint density at radius 2 is 1.68 bits per heavy atom. The van der Waals surface area contributed by atoms with Crippen molar-refractivity contribution in [3.05, 3.63) is 74.6 Å². The first-order valence-corrected chi connectivity index (χ1v) is 13.8. The van der Waals surface area contributed by atoms with Crippen molar-refractivity contribution in [3.8, 4) is 5.75 Å². The number of benzene rings is 1. The van der Waals surface area contributed by atoms with Gasteiger partial charge in [-0.05, 0) is 60.4 Å². The zero-order valence-corrected chi connectivity index (χ0v) is 21.2. The maximum atomic E-state index is 13.8. The molecular weight excluding hydrogens is 464 g/mol. The van der Waals surface area contributed by atoms with Crippen LogP contribution in [0.2, 0.25) is 0 Å². The minimum absolute atomic E-state index is 0.0477. The molecule has 1 atom stereocenters. The molecule has 1 fully saturated rings. The smallest absolute Gasteiger partial charge is 0.247 e. The molecule has 2 amide bonds. The Bertz CT molecular complexity index is 1030. The molecule has 0 spiro atoms. The maximum absolute atomic E-state index is 13.8. The monoisotopic (exact) mass is 496 g/mol. The molecule has 0 bridgehead atoms. The van der Waals surface area contributed by atoms with E-state index in [0.29, 0.717) is 13.2 Å². The van der Waals surface area contributed by atoms with Gasteiger partial charge >= 0.3 is 0 Å². The third-order valence-corrected chi connectivity index (χ3v) is 7.89. The highest BCUT2D eigenvalue weighted by atomic mass is 32.1. The fourth-order valence-electron chi connectivity index (χ4n) is 4.47. The molecule has 0 unspecified atom stereocenters. The third-order valence-electron chi connectivity index (χ3n) is 6.15. The Kier molecular flexibility index (Phi) is 8.77. The van der Waals surface area contributed by atoms with Gasteiger partial charge in [0.15, 0.2) is 0 Å². The molecule has 1 aromatic carbocycles. The van der Waals surface area contributed by atoms with Crippen LogP contribution < -0.4 is 10.1 Å². The molecule has 1 aliphatic rings. The van der Waals surface area contributed by atoms with E-state index < -0.39 is 6.04 Å². The van der Waals surface area contributed by atoms with E-state index in [1.807, 2.05) is 66.2 Å². The van der Waals surface area contributed by atoms with Crippen LogP contribution >= 0.6 is 22.7 Å². The molecule has 0 saturated heterocycles. The number of hydrogen-bond acceptors (Lipinski definition) is 5. The fourth-order valence-corrected chi connectivity index (χ4v) is 5.87. The summed E-state index contributed by atoms with van der Waals surface area (Å²) in [5, 5.41) is 7.26. The molecule has 34 heavy (non-hydrogen) atoms. The van der Waals surface area contributed by atoms with E-state index in [0.717, 1.165) is 46.8 Å². The van der Waals surface area contributed by atoms with Gasteiger partial charge in [0.25, 0.3) is 0 Å². The third kappa shape index (κ3) is 6.48. The zero-order chi connectivity index (χ0) is 23.8. The van der Waals surface area contributed by atoms with Crippen molar-refractivity contribution in [1.82, 2.24) is 10.2 Å². The number of nitrogens with zero attached hydrogens (tertiary/aromatic N) is 1. The summed E-state index contributed by atoms with van der Waals surface area (Å²) in [6.07, 6.45) is 5.77. The number of nitrogens with one attached hydrogen (secondary N) is 1. The summed E-state index contributed by atoms with van der Waals surface area (Å²) in [4.78, 5) is 31.2. The summed E-state index contributed by atoms with van der Waals surface area (Å²) in [6.45, 7) is 2.92. The molecule has 2 aromatic heterocycles. The largest absolute Gasteiger partial charge is 0.494 e. The molecule has 3 aromatic rings. The Morgan fingerprint density at radius 1 is 1.00 bits per heavy atom. The van der Waals surface area contributed by atoms with Gasteiger partial charge in [-0.3, -0.25) is 9.59 Å². The molecule has 1 N–H and O–H groups in total. The highest BCUT2D eigenvalue weighted by Crippen LogP contribution is 2.29. The van der Waals surface area contributed by atoms with Gasteiger partial charge in [-0.1, -0.05) is 43.5 Å². The van der Waals surface area contributed by atoms with Gasteiger partial charge in [-0.25, -0.2) is 0 Å². The standard InChI is InChI=1S/C27H32N2O3S2/c1-2-32-22-14-12-20(13-15-22)26(27(31)28-21-8-4-3-5-9-21)29(19-24-11-7-17-34-24)25(30)18-23-10-6-16-33-23/h6-7,10-17,21,26H,2-5,8-9,18-19H2,1H3,(H,28,31)/t26-/m0/s1. The summed E-state index contributed by atoms with van der Waals surface area (Å²) in [5.41, 5.74) is 0.799. The van der Waals surface area contributed by atoms with Gasteiger partial charge in [-0.2, -0.15) is 0 Å². The van der Waals surface area contributed by atoms with Crippen LogP contribution in [0.5, 0.6) is 5.75 Å². The van der Waals surface area contributed by atoms with Gasteiger partial charge in [0.05, 0.1) is 19.6 Å². The van der Waals surface area contributed by atoms with E-state index >= 15 is 0 Å². The van der Waals surface area contributed by atoms with Crippen molar-refractivity contribution in [1.29, 1.82) is 0 Å². The lowest BCUT2D eigenvalue weighted by molar-refractivity contribution is -0.141. The minimum atomic E-state index is -0.702. The molecule has 2 heterocycles. The predicted octanol–water partition coefficient (Wildman–Crippen LogP) is 5.97. The van der Waals surface area contributed by atoms with E-state index in [9.17, 15) is 9.59 Å². The van der Waals surface area contributed by atoms with Gasteiger partial charge in [0.2, 0.25) is 11.8 Å². The second-order valence-corrected chi connectivity index (χ2v) is 10.7. The number of thiophene rings is 2. The Labute approximate surface area is 209 Å². The van der Waals surface area contributed by atoms with Crippen molar-refractivity contribution < 1.29 is 14.3 Å². The predicted molar refractivity (Wildman–Crippen MR) is 138 cm³/mol. The van der Waals surface area contributed by atoms with Crippen LogP contribution in [-0.4, -0.2) is 29.4 Å². The van der Waals surface area contributed by atoms with Gasteiger partial charge < -0.3 is 15.0 Å². The number of carbonyl (C=O) groups excluding carboxylic acids is 2. The van der Waals surface area contributed by atoms with Gasteiger partial charge in [0, 0.05) is 15.8 Å². The van der Waals surface area contributed by atoms with Crippen molar-refractivity contribution in [2.24, 2.45) is 0 Å². The molecule has 7 heteroatoms. The van der Waals surface area contributed by atoms with Crippen LogP contribution in [0.1, 0.15) is 60.4 Å². The highest BCUT2D eigenvalue weighted by Gasteiger charge is 2.33. The molecule has 5 nitrogen and oxygen atoms in total. The molecular formula is C27H32N2O3S2. The summed E-state index contributed by atoms with van der Waals surface area (Å²) in [7, 11) is 0. The van der Waals surface area contributed by atoms with Crippen LogP contribution in [-0.2, 0) is 22.6 Å². The van der Waals surface area contributed by atoms with Crippen molar-refractivity contribution >= 4 is 34.5 Å². The average Bonchev–Trinajstić information content (AvgIpc) is 3.55. The highest BCUT2D eigenvalue weighted by molar-refractivity contribution is 7.10. The summed E-state index contributed by atoms with van der Waals surface area (Å²) in [5.74, 6) is 0.605. The average molecular weight is 497 g/mol. The van der Waals surface area contributed by atoms with E-state index in [-0.39, 0.29) is 24.3 Å². The summed E-state index contributed by atoms with van der Waals surface area (Å²) in [6, 6.07) is 15.0.